The second kappa shape index (κ2) is 9.71. The molecule has 0 N–H and O–H groups in total. The van der Waals surface area contributed by atoms with Gasteiger partial charge in [-0.15, -0.1) is 0 Å². The number of rotatable bonds is 5. The average Bonchev–Trinajstić information content (AvgIpc) is 2.92. The first-order valence-corrected chi connectivity index (χ1v) is 11.1. The van der Waals surface area contributed by atoms with Gasteiger partial charge in [0, 0.05) is 28.5 Å². The lowest BCUT2D eigenvalue weighted by Crippen LogP contribution is -2.29. The van der Waals surface area contributed by atoms with Gasteiger partial charge in [0.15, 0.2) is 11.9 Å². The third-order valence-corrected chi connectivity index (χ3v) is 5.66. The van der Waals surface area contributed by atoms with Gasteiger partial charge in [0.2, 0.25) is 29.1 Å². The normalized spacial score (nSPS) is 12.1. The van der Waals surface area contributed by atoms with Gasteiger partial charge in [-0.3, -0.25) is 0 Å². The molecule has 12 heteroatoms. The molecule has 0 spiro atoms. The first kappa shape index (κ1) is 25.6. The van der Waals surface area contributed by atoms with Gasteiger partial charge < -0.3 is 18.3 Å². The number of hydrogen-bond acceptors (Lipinski definition) is 7. The Kier molecular flexibility index (Phi) is 6.38. The molecule has 0 fully saturated rings. The summed E-state index contributed by atoms with van der Waals surface area (Å²) in [6.07, 6.45) is -1.82. The zero-order chi connectivity index (χ0) is 28.0. The Morgan fingerprint density at radius 2 is 1.44 bits per heavy atom. The first-order chi connectivity index (χ1) is 18.5. The van der Waals surface area contributed by atoms with Crippen LogP contribution in [-0.2, 0) is 4.79 Å². The van der Waals surface area contributed by atoms with Gasteiger partial charge in [-0.25, -0.2) is 27.6 Å². The van der Waals surface area contributed by atoms with Crippen molar-refractivity contribution in [2.45, 2.75) is 13.0 Å². The number of fused-ring (bicyclic) bond motifs is 2. The van der Waals surface area contributed by atoms with Crippen molar-refractivity contribution in [2.75, 3.05) is 0 Å². The summed E-state index contributed by atoms with van der Waals surface area (Å²) in [6.45, 7) is 0.957. The number of carbonyl (C=O) groups excluding carboxylic acids is 1. The molecule has 0 amide bonds. The number of benzene rings is 3. The molecule has 0 aliphatic heterocycles. The van der Waals surface area contributed by atoms with Crippen molar-refractivity contribution in [1.29, 1.82) is 0 Å². The van der Waals surface area contributed by atoms with Crippen molar-refractivity contribution in [1.82, 2.24) is 0 Å². The van der Waals surface area contributed by atoms with Gasteiger partial charge in [0.05, 0.1) is 5.56 Å². The summed E-state index contributed by atoms with van der Waals surface area (Å²) >= 11 is 0. The SMILES string of the molecule is CC(Oc1c(F)c(F)c(F)c(F)c1F)C(=O)Oc1ccc2c(-c3cc4ccccc4oc3=O)cc(=O)oc2c1. The molecule has 2 heterocycles. The summed E-state index contributed by atoms with van der Waals surface area (Å²) in [4.78, 5) is 37.3. The highest BCUT2D eigenvalue weighted by atomic mass is 19.2. The van der Waals surface area contributed by atoms with Gasteiger partial charge in [0.1, 0.15) is 16.9 Å². The molecule has 198 valence electrons. The first-order valence-electron chi connectivity index (χ1n) is 11.1. The molecule has 7 nitrogen and oxygen atoms in total. The Bertz CT molecular complexity index is 1880. The van der Waals surface area contributed by atoms with E-state index in [1.54, 1.807) is 30.3 Å². The summed E-state index contributed by atoms with van der Waals surface area (Å²) in [6, 6.07) is 13.1. The zero-order valence-corrected chi connectivity index (χ0v) is 19.5. The predicted molar refractivity (Wildman–Crippen MR) is 126 cm³/mol. The zero-order valence-electron chi connectivity index (χ0n) is 19.5. The fourth-order valence-electron chi connectivity index (χ4n) is 3.79. The minimum atomic E-state index is -2.38. The topological polar surface area (TPSA) is 96.0 Å². The van der Waals surface area contributed by atoms with Gasteiger partial charge in [0.25, 0.3) is 0 Å². The van der Waals surface area contributed by atoms with Crippen molar-refractivity contribution in [3.05, 3.63) is 105 Å². The van der Waals surface area contributed by atoms with Crippen molar-refractivity contribution in [2.24, 2.45) is 0 Å². The minimum absolute atomic E-state index is 0.0705. The molecule has 0 saturated heterocycles. The predicted octanol–water partition coefficient (Wildman–Crippen LogP) is 5.63. The molecule has 39 heavy (non-hydrogen) atoms. The summed E-state index contributed by atoms with van der Waals surface area (Å²) in [7, 11) is 0. The van der Waals surface area contributed by atoms with E-state index in [1.807, 2.05) is 0 Å². The van der Waals surface area contributed by atoms with E-state index in [2.05, 4.69) is 4.74 Å². The number of carbonyl (C=O) groups is 1. The molecular weight excluding hydrogens is 531 g/mol. The standard InChI is InChI=1S/C27H13F5O7/c1-11(36-25-23(31)21(29)20(28)22(30)24(25)32)26(34)37-13-6-7-14-15(10-19(33)38-18(14)9-13)16-8-12-4-2-3-5-17(12)39-27(16)35/h2-11H,1H3. The average molecular weight is 544 g/mol. The molecule has 5 rings (SSSR count). The highest BCUT2D eigenvalue weighted by molar-refractivity contribution is 5.95. The molecule has 5 aromatic rings. The van der Waals surface area contributed by atoms with Crippen LogP contribution in [-0.4, -0.2) is 12.1 Å². The molecule has 0 radical (unpaired) electrons. The van der Waals surface area contributed by atoms with Crippen molar-refractivity contribution in [3.63, 3.8) is 0 Å². The second-order valence-corrected chi connectivity index (χ2v) is 8.20. The summed E-state index contributed by atoms with van der Waals surface area (Å²) in [5.41, 5.74) is -1.05. The van der Waals surface area contributed by atoms with E-state index in [-0.39, 0.29) is 27.8 Å². The maximum absolute atomic E-state index is 13.9. The van der Waals surface area contributed by atoms with Crippen molar-refractivity contribution in [3.8, 4) is 22.6 Å². The van der Waals surface area contributed by atoms with Crippen LogP contribution in [0.4, 0.5) is 22.0 Å². The fraction of sp³-hybridized carbons (Fsp3) is 0.0741. The monoisotopic (exact) mass is 544 g/mol. The lowest BCUT2D eigenvalue weighted by Gasteiger charge is -2.16. The summed E-state index contributed by atoms with van der Waals surface area (Å²) in [5.74, 6) is -14.5. The number of halogens is 5. The molecule has 0 saturated carbocycles. The van der Waals surface area contributed by atoms with E-state index >= 15 is 0 Å². The Morgan fingerprint density at radius 3 is 2.15 bits per heavy atom. The quantitative estimate of drug-likeness (QED) is 0.0706. The van der Waals surface area contributed by atoms with E-state index in [0.29, 0.717) is 11.0 Å². The third-order valence-electron chi connectivity index (χ3n) is 5.66. The maximum Gasteiger partial charge on any atom is 0.352 e. The number of esters is 1. The van der Waals surface area contributed by atoms with E-state index in [4.69, 9.17) is 13.6 Å². The Balaban J connectivity index is 1.46. The van der Waals surface area contributed by atoms with Gasteiger partial charge in [-0.2, -0.15) is 8.78 Å². The highest BCUT2D eigenvalue weighted by Gasteiger charge is 2.30. The van der Waals surface area contributed by atoms with Crippen LogP contribution < -0.4 is 20.7 Å². The molecule has 1 atom stereocenters. The second-order valence-electron chi connectivity index (χ2n) is 8.20. The molecule has 3 aromatic carbocycles. The Hall–Kier alpha value is -5.00. The van der Waals surface area contributed by atoms with Gasteiger partial charge >= 0.3 is 17.2 Å². The van der Waals surface area contributed by atoms with E-state index in [0.717, 1.165) is 19.1 Å². The largest absolute Gasteiger partial charge is 0.473 e. The van der Waals surface area contributed by atoms with Crippen LogP contribution in [0.15, 0.2) is 73.0 Å². The molecule has 2 aromatic heterocycles. The number of ether oxygens (including phenoxy) is 2. The van der Waals surface area contributed by atoms with Crippen LogP contribution in [0.1, 0.15) is 6.92 Å². The maximum atomic E-state index is 13.9. The van der Waals surface area contributed by atoms with E-state index in [1.165, 1.54) is 12.1 Å². The molecule has 0 aliphatic rings. The highest BCUT2D eigenvalue weighted by Crippen LogP contribution is 2.32. The lowest BCUT2D eigenvalue weighted by atomic mass is 10.0. The smallest absolute Gasteiger partial charge is 0.352 e. The van der Waals surface area contributed by atoms with Crippen molar-refractivity contribution < 1.29 is 45.1 Å². The summed E-state index contributed by atoms with van der Waals surface area (Å²) in [5, 5.41) is 0.879. The molecule has 0 aliphatic carbocycles. The number of hydrogen-bond donors (Lipinski definition) is 0. The summed E-state index contributed by atoms with van der Waals surface area (Å²) < 4.78 is 88.1. The van der Waals surface area contributed by atoms with Crippen LogP contribution in [0.25, 0.3) is 33.1 Å². The van der Waals surface area contributed by atoms with Gasteiger partial charge in [-0.1, -0.05) is 18.2 Å². The van der Waals surface area contributed by atoms with Crippen LogP contribution in [0, 0.1) is 29.1 Å². The molecule has 0 bridgehead atoms. The fourth-order valence-corrected chi connectivity index (χ4v) is 3.79. The lowest BCUT2D eigenvalue weighted by molar-refractivity contribution is -0.141. The number of para-hydroxylation sites is 1. The van der Waals surface area contributed by atoms with Gasteiger partial charge in [-0.05, 0) is 31.2 Å². The minimum Gasteiger partial charge on any atom is -0.473 e. The van der Waals surface area contributed by atoms with E-state index in [9.17, 15) is 36.3 Å². The Labute approximate surface area is 213 Å². The van der Waals surface area contributed by atoms with Crippen LogP contribution in [0.2, 0.25) is 0 Å². The third kappa shape index (κ3) is 4.60. The molecular formula is C27H13F5O7. The van der Waals surface area contributed by atoms with Crippen LogP contribution in [0.5, 0.6) is 11.5 Å². The van der Waals surface area contributed by atoms with E-state index < -0.39 is 58.2 Å². The van der Waals surface area contributed by atoms with Crippen LogP contribution >= 0.6 is 0 Å². The Morgan fingerprint density at radius 1 is 0.769 bits per heavy atom. The molecule has 1 unspecified atom stereocenters. The van der Waals surface area contributed by atoms with Crippen LogP contribution in [0.3, 0.4) is 0 Å². The van der Waals surface area contributed by atoms with Crippen molar-refractivity contribution >= 4 is 27.9 Å².